The van der Waals surface area contributed by atoms with Crippen molar-refractivity contribution in [3.8, 4) is 11.8 Å². The fourth-order valence-electron chi connectivity index (χ4n) is 1.63. The molecule has 0 aromatic heterocycles. The van der Waals surface area contributed by atoms with Gasteiger partial charge in [0.1, 0.15) is 0 Å². The first kappa shape index (κ1) is 15.2. The summed E-state index contributed by atoms with van der Waals surface area (Å²) < 4.78 is 5.06. The molecular weight excluding hydrogens is 240 g/mol. The van der Waals surface area contributed by atoms with E-state index in [1.165, 1.54) is 0 Å². The fraction of sp³-hybridized carbons (Fsp3) is 0.400. The van der Waals surface area contributed by atoms with Gasteiger partial charge in [-0.25, -0.2) is 0 Å². The number of methoxy groups -OCH3 is 1. The van der Waals surface area contributed by atoms with E-state index < -0.39 is 5.54 Å². The van der Waals surface area contributed by atoms with Crippen LogP contribution in [0.15, 0.2) is 24.3 Å². The lowest BCUT2D eigenvalue weighted by Gasteiger charge is -2.25. The third-order valence-corrected chi connectivity index (χ3v) is 2.44. The molecule has 3 N–H and O–H groups in total. The van der Waals surface area contributed by atoms with E-state index in [2.05, 4.69) is 17.2 Å². The molecule has 1 rings (SSSR count). The Bertz CT molecular complexity index is 481. The van der Waals surface area contributed by atoms with Crippen molar-refractivity contribution in [3.63, 3.8) is 0 Å². The Morgan fingerprint density at radius 1 is 1.37 bits per heavy atom. The SMILES string of the molecule is COCC(C)(C)NC(=O)c1ccc(C#CCN)cc1. The van der Waals surface area contributed by atoms with Crippen molar-refractivity contribution in [1.29, 1.82) is 0 Å². The van der Waals surface area contributed by atoms with Gasteiger partial charge in [-0.2, -0.15) is 0 Å². The second-order valence-electron chi connectivity index (χ2n) is 4.85. The van der Waals surface area contributed by atoms with Gasteiger partial charge in [-0.3, -0.25) is 4.79 Å². The highest BCUT2D eigenvalue weighted by molar-refractivity contribution is 5.94. The molecule has 0 saturated heterocycles. The Hall–Kier alpha value is -1.83. The third-order valence-electron chi connectivity index (χ3n) is 2.44. The van der Waals surface area contributed by atoms with E-state index in [4.69, 9.17) is 10.5 Å². The van der Waals surface area contributed by atoms with Crippen LogP contribution in [0.1, 0.15) is 29.8 Å². The number of nitrogens with one attached hydrogen (secondary N) is 1. The van der Waals surface area contributed by atoms with Crippen molar-refractivity contribution >= 4 is 5.91 Å². The van der Waals surface area contributed by atoms with Gasteiger partial charge in [0.15, 0.2) is 0 Å². The van der Waals surface area contributed by atoms with Crippen LogP contribution in [-0.2, 0) is 4.74 Å². The number of carbonyl (C=O) groups is 1. The van der Waals surface area contributed by atoms with Gasteiger partial charge in [0.05, 0.1) is 18.7 Å². The maximum atomic E-state index is 12.0. The summed E-state index contributed by atoms with van der Waals surface area (Å²) in [5.74, 6) is 5.56. The minimum atomic E-state index is -0.399. The van der Waals surface area contributed by atoms with Crippen LogP contribution in [-0.4, -0.2) is 31.7 Å². The van der Waals surface area contributed by atoms with E-state index in [-0.39, 0.29) is 5.91 Å². The highest BCUT2D eigenvalue weighted by atomic mass is 16.5. The molecule has 0 fully saturated rings. The van der Waals surface area contributed by atoms with Gasteiger partial charge in [-0.05, 0) is 38.1 Å². The molecule has 19 heavy (non-hydrogen) atoms. The molecule has 0 spiro atoms. The smallest absolute Gasteiger partial charge is 0.251 e. The lowest BCUT2D eigenvalue weighted by atomic mass is 10.1. The van der Waals surface area contributed by atoms with Crippen LogP contribution >= 0.6 is 0 Å². The van der Waals surface area contributed by atoms with Crippen LogP contribution in [0.4, 0.5) is 0 Å². The molecule has 0 bridgehead atoms. The molecule has 0 aliphatic carbocycles. The molecule has 0 aliphatic rings. The lowest BCUT2D eigenvalue weighted by molar-refractivity contribution is 0.0820. The average molecular weight is 260 g/mol. The average Bonchev–Trinajstić information content (AvgIpc) is 2.36. The fourth-order valence-corrected chi connectivity index (χ4v) is 1.63. The molecule has 0 saturated carbocycles. The van der Waals surface area contributed by atoms with Gasteiger partial charge in [0.2, 0.25) is 0 Å². The van der Waals surface area contributed by atoms with Crippen LogP contribution in [0.2, 0.25) is 0 Å². The van der Waals surface area contributed by atoms with Crippen molar-refractivity contribution in [1.82, 2.24) is 5.32 Å². The van der Waals surface area contributed by atoms with E-state index >= 15 is 0 Å². The monoisotopic (exact) mass is 260 g/mol. The Labute approximate surface area is 114 Å². The summed E-state index contributed by atoms with van der Waals surface area (Å²) in [6, 6.07) is 7.11. The van der Waals surface area contributed by atoms with Gasteiger partial charge < -0.3 is 15.8 Å². The zero-order chi connectivity index (χ0) is 14.3. The lowest BCUT2D eigenvalue weighted by Crippen LogP contribution is -2.46. The first-order chi connectivity index (χ1) is 8.98. The van der Waals surface area contributed by atoms with E-state index in [0.29, 0.717) is 18.7 Å². The summed E-state index contributed by atoms with van der Waals surface area (Å²) in [4.78, 5) is 12.0. The Morgan fingerprint density at radius 2 is 2.00 bits per heavy atom. The van der Waals surface area contributed by atoms with Gasteiger partial charge in [0, 0.05) is 18.2 Å². The number of hydrogen-bond donors (Lipinski definition) is 2. The number of carbonyl (C=O) groups excluding carboxylic acids is 1. The molecule has 1 aromatic carbocycles. The first-order valence-corrected chi connectivity index (χ1v) is 6.09. The predicted molar refractivity (Wildman–Crippen MR) is 75.8 cm³/mol. The van der Waals surface area contributed by atoms with Crippen molar-refractivity contribution in [2.75, 3.05) is 20.3 Å². The quantitative estimate of drug-likeness (QED) is 0.798. The number of hydrogen-bond acceptors (Lipinski definition) is 3. The molecule has 1 amide bonds. The van der Waals surface area contributed by atoms with Crippen molar-refractivity contribution in [2.24, 2.45) is 5.73 Å². The van der Waals surface area contributed by atoms with Crippen LogP contribution in [0.25, 0.3) is 0 Å². The first-order valence-electron chi connectivity index (χ1n) is 6.09. The second kappa shape index (κ2) is 6.93. The van der Waals surface area contributed by atoms with Crippen LogP contribution in [0.3, 0.4) is 0 Å². The van der Waals surface area contributed by atoms with Crippen LogP contribution in [0.5, 0.6) is 0 Å². The molecule has 0 unspecified atom stereocenters. The largest absolute Gasteiger partial charge is 0.382 e. The summed E-state index contributed by atoms with van der Waals surface area (Å²) in [5.41, 5.74) is 6.35. The third kappa shape index (κ3) is 5.12. The topological polar surface area (TPSA) is 64.3 Å². The van der Waals surface area contributed by atoms with Crippen molar-refractivity contribution in [3.05, 3.63) is 35.4 Å². The summed E-state index contributed by atoms with van der Waals surface area (Å²) in [6.07, 6.45) is 0. The Balaban J connectivity index is 2.73. The zero-order valence-electron chi connectivity index (χ0n) is 11.6. The Morgan fingerprint density at radius 3 is 2.53 bits per heavy atom. The minimum Gasteiger partial charge on any atom is -0.382 e. The minimum absolute atomic E-state index is 0.125. The van der Waals surface area contributed by atoms with Gasteiger partial charge in [-0.1, -0.05) is 11.8 Å². The number of amides is 1. The molecular formula is C15H20N2O2. The molecule has 4 heteroatoms. The number of benzene rings is 1. The van der Waals surface area contributed by atoms with Crippen LogP contribution < -0.4 is 11.1 Å². The molecule has 0 heterocycles. The summed E-state index contributed by atoms with van der Waals surface area (Å²) in [6.45, 7) is 4.61. The maximum absolute atomic E-state index is 12.0. The highest BCUT2D eigenvalue weighted by Gasteiger charge is 2.20. The molecule has 1 aromatic rings. The zero-order valence-corrected chi connectivity index (χ0v) is 11.6. The standard InChI is InChI=1S/C15H20N2O2/c1-15(2,11-19-3)17-14(18)13-8-6-12(7-9-13)5-4-10-16/h6-9H,10-11,16H2,1-3H3,(H,17,18). The summed E-state index contributed by atoms with van der Waals surface area (Å²) in [7, 11) is 1.61. The van der Waals surface area contributed by atoms with Gasteiger partial charge >= 0.3 is 0 Å². The molecule has 102 valence electrons. The molecule has 0 atom stereocenters. The molecule has 0 radical (unpaired) electrons. The van der Waals surface area contributed by atoms with Crippen molar-refractivity contribution < 1.29 is 9.53 Å². The Kier molecular flexibility index (Phi) is 5.56. The predicted octanol–water partition coefficient (Wildman–Crippen LogP) is 1.15. The number of rotatable bonds is 4. The van der Waals surface area contributed by atoms with Gasteiger partial charge in [0.25, 0.3) is 5.91 Å². The molecule has 0 aliphatic heterocycles. The van der Waals surface area contributed by atoms with Crippen molar-refractivity contribution in [2.45, 2.75) is 19.4 Å². The summed E-state index contributed by atoms with van der Waals surface area (Å²) >= 11 is 0. The molecule has 4 nitrogen and oxygen atoms in total. The normalized spacial score (nSPS) is 10.5. The van der Waals surface area contributed by atoms with Crippen LogP contribution in [0, 0.1) is 11.8 Å². The van der Waals surface area contributed by atoms with E-state index in [0.717, 1.165) is 5.56 Å². The number of nitrogens with two attached hydrogens (primary N) is 1. The second-order valence-corrected chi connectivity index (χ2v) is 4.85. The summed E-state index contributed by atoms with van der Waals surface area (Å²) in [5, 5.41) is 2.92. The maximum Gasteiger partial charge on any atom is 0.251 e. The highest BCUT2D eigenvalue weighted by Crippen LogP contribution is 2.07. The van der Waals surface area contributed by atoms with Gasteiger partial charge in [-0.15, -0.1) is 0 Å². The number of ether oxygens (including phenoxy) is 1. The van der Waals surface area contributed by atoms with E-state index in [1.54, 1.807) is 31.4 Å². The van der Waals surface area contributed by atoms with E-state index in [1.807, 2.05) is 13.8 Å². The van der Waals surface area contributed by atoms with E-state index in [9.17, 15) is 4.79 Å².